The number of rotatable bonds is 3. The first-order valence-electron chi connectivity index (χ1n) is 6.94. The Hall–Kier alpha value is -2.45. The maximum Gasteiger partial charge on any atom is 0.270 e. The number of para-hydroxylation sites is 1. The second kappa shape index (κ2) is 5.98. The number of hydrogen-bond donors (Lipinski definition) is 0. The average Bonchev–Trinajstić information content (AvgIpc) is 2.77. The molecule has 2 aromatic rings. The standard InChI is InChI=1S/C15H14N2O5S/c18-17(19)13-5-3-6-14(10-13)23(20,21)16-8-9-22-15-7-2-1-4-12(15)11-16/h1-7,10H,8-9,11H2. The van der Waals surface area contributed by atoms with E-state index in [0.29, 0.717) is 5.75 Å². The van der Waals surface area contributed by atoms with Gasteiger partial charge in [-0.05, 0) is 12.1 Å². The summed E-state index contributed by atoms with van der Waals surface area (Å²) in [6.45, 7) is 0.575. The molecular weight excluding hydrogens is 320 g/mol. The highest BCUT2D eigenvalue weighted by molar-refractivity contribution is 7.89. The second-order valence-corrected chi connectivity index (χ2v) is 6.99. The van der Waals surface area contributed by atoms with E-state index < -0.39 is 14.9 Å². The van der Waals surface area contributed by atoms with Crippen molar-refractivity contribution < 1.29 is 18.1 Å². The Balaban J connectivity index is 1.97. The van der Waals surface area contributed by atoms with Crippen molar-refractivity contribution in [2.45, 2.75) is 11.4 Å². The third-order valence-corrected chi connectivity index (χ3v) is 5.42. The molecule has 0 aliphatic carbocycles. The van der Waals surface area contributed by atoms with Crippen LogP contribution < -0.4 is 4.74 Å². The molecule has 1 heterocycles. The van der Waals surface area contributed by atoms with E-state index >= 15 is 0 Å². The van der Waals surface area contributed by atoms with Crippen LogP contribution in [0.2, 0.25) is 0 Å². The molecule has 0 atom stereocenters. The van der Waals surface area contributed by atoms with Crippen LogP contribution in [0.15, 0.2) is 53.4 Å². The summed E-state index contributed by atoms with van der Waals surface area (Å²) in [5.74, 6) is 0.657. The van der Waals surface area contributed by atoms with E-state index in [0.717, 1.165) is 11.6 Å². The number of benzene rings is 2. The fourth-order valence-electron chi connectivity index (χ4n) is 2.41. The van der Waals surface area contributed by atoms with Crippen molar-refractivity contribution in [3.63, 3.8) is 0 Å². The van der Waals surface area contributed by atoms with E-state index in [2.05, 4.69) is 0 Å². The molecule has 0 bridgehead atoms. The van der Waals surface area contributed by atoms with E-state index in [-0.39, 0.29) is 30.3 Å². The lowest BCUT2D eigenvalue weighted by molar-refractivity contribution is -0.385. The van der Waals surface area contributed by atoms with Gasteiger partial charge in [0.25, 0.3) is 5.69 Å². The Morgan fingerprint density at radius 1 is 1.13 bits per heavy atom. The fourth-order valence-corrected chi connectivity index (χ4v) is 3.86. The highest BCUT2D eigenvalue weighted by Gasteiger charge is 2.28. The quantitative estimate of drug-likeness (QED) is 0.634. The van der Waals surface area contributed by atoms with Crippen molar-refractivity contribution in [2.24, 2.45) is 0 Å². The summed E-state index contributed by atoms with van der Waals surface area (Å²) in [6, 6.07) is 12.3. The number of fused-ring (bicyclic) bond motifs is 1. The molecule has 3 rings (SSSR count). The summed E-state index contributed by atoms with van der Waals surface area (Å²) < 4.78 is 32.4. The predicted molar refractivity (Wildman–Crippen MR) is 82.6 cm³/mol. The number of nitrogens with zero attached hydrogens (tertiary/aromatic N) is 2. The number of non-ortho nitro benzene ring substituents is 1. The Kier molecular flexibility index (Phi) is 4.01. The molecule has 0 saturated heterocycles. The minimum absolute atomic E-state index is 0.0916. The molecule has 23 heavy (non-hydrogen) atoms. The third-order valence-electron chi connectivity index (χ3n) is 3.58. The van der Waals surface area contributed by atoms with E-state index in [1.807, 2.05) is 12.1 Å². The second-order valence-electron chi connectivity index (χ2n) is 5.05. The van der Waals surface area contributed by atoms with Gasteiger partial charge in [-0.1, -0.05) is 24.3 Å². The molecule has 0 radical (unpaired) electrons. The lowest BCUT2D eigenvalue weighted by Crippen LogP contribution is -2.32. The average molecular weight is 334 g/mol. The number of nitro groups is 1. The smallest absolute Gasteiger partial charge is 0.270 e. The van der Waals surface area contributed by atoms with Gasteiger partial charge in [0.05, 0.1) is 9.82 Å². The lowest BCUT2D eigenvalue weighted by Gasteiger charge is -2.19. The molecule has 1 aliphatic heterocycles. The Bertz CT molecular complexity index is 850. The molecule has 7 nitrogen and oxygen atoms in total. The number of nitro benzene ring substituents is 1. The SMILES string of the molecule is O=[N+]([O-])c1cccc(S(=O)(=O)N2CCOc3ccccc3C2)c1. The van der Waals surface area contributed by atoms with Gasteiger partial charge in [-0.3, -0.25) is 10.1 Å². The molecule has 0 unspecified atom stereocenters. The summed E-state index contributed by atoms with van der Waals surface area (Å²) in [5, 5.41) is 10.9. The van der Waals surface area contributed by atoms with E-state index in [4.69, 9.17) is 4.74 Å². The normalized spacial score (nSPS) is 15.3. The van der Waals surface area contributed by atoms with E-state index in [1.165, 1.54) is 22.5 Å². The molecule has 0 amide bonds. The third kappa shape index (κ3) is 3.03. The summed E-state index contributed by atoms with van der Waals surface area (Å²) in [6.07, 6.45) is 0. The molecule has 0 N–H and O–H groups in total. The Morgan fingerprint density at radius 2 is 1.91 bits per heavy atom. The van der Waals surface area contributed by atoms with Crippen molar-refractivity contribution >= 4 is 15.7 Å². The molecule has 0 aromatic heterocycles. The Morgan fingerprint density at radius 3 is 2.70 bits per heavy atom. The van der Waals surface area contributed by atoms with Crippen LogP contribution in [0.4, 0.5) is 5.69 Å². The largest absolute Gasteiger partial charge is 0.492 e. The van der Waals surface area contributed by atoms with Gasteiger partial charge in [0.1, 0.15) is 12.4 Å². The number of hydrogen-bond acceptors (Lipinski definition) is 5. The van der Waals surface area contributed by atoms with Crippen LogP contribution in [0.3, 0.4) is 0 Å². The topological polar surface area (TPSA) is 89.8 Å². The van der Waals surface area contributed by atoms with Gasteiger partial charge < -0.3 is 4.74 Å². The zero-order chi connectivity index (χ0) is 16.4. The maximum absolute atomic E-state index is 12.8. The minimum atomic E-state index is -3.84. The summed E-state index contributed by atoms with van der Waals surface area (Å²) in [5.41, 5.74) is 0.511. The van der Waals surface area contributed by atoms with E-state index in [1.54, 1.807) is 12.1 Å². The van der Waals surface area contributed by atoms with Gasteiger partial charge in [-0.2, -0.15) is 4.31 Å². The van der Waals surface area contributed by atoms with Crippen LogP contribution in [-0.2, 0) is 16.6 Å². The van der Waals surface area contributed by atoms with Gasteiger partial charge >= 0.3 is 0 Å². The summed E-state index contributed by atoms with van der Waals surface area (Å²) >= 11 is 0. The van der Waals surface area contributed by atoms with Crippen molar-refractivity contribution in [1.82, 2.24) is 4.31 Å². The van der Waals surface area contributed by atoms with E-state index in [9.17, 15) is 18.5 Å². The van der Waals surface area contributed by atoms with Crippen LogP contribution >= 0.6 is 0 Å². The van der Waals surface area contributed by atoms with Gasteiger partial charge in [0.2, 0.25) is 10.0 Å². The fraction of sp³-hybridized carbons (Fsp3) is 0.200. The minimum Gasteiger partial charge on any atom is -0.492 e. The molecule has 0 fully saturated rings. The molecule has 120 valence electrons. The van der Waals surface area contributed by atoms with Gasteiger partial charge in [0, 0.05) is 30.8 Å². The van der Waals surface area contributed by atoms with Crippen LogP contribution in [0.5, 0.6) is 5.75 Å². The first-order chi connectivity index (χ1) is 11.0. The van der Waals surface area contributed by atoms with Crippen LogP contribution in [0, 0.1) is 10.1 Å². The molecule has 8 heteroatoms. The van der Waals surface area contributed by atoms with Crippen LogP contribution in [-0.4, -0.2) is 30.8 Å². The predicted octanol–water partition coefficient (Wildman–Crippen LogP) is 2.18. The van der Waals surface area contributed by atoms with Crippen LogP contribution in [0.25, 0.3) is 0 Å². The molecule has 2 aromatic carbocycles. The maximum atomic E-state index is 12.8. The highest BCUT2D eigenvalue weighted by Crippen LogP contribution is 2.27. The highest BCUT2D eigenvalue weighted by atomic mass is 32.2. The number of sulfonamides is 1. The molecule has 0 saturated carbocycles. The lowest BCUT2D eigenvalue weighted by atomic mass is 10.2. The summed E-state index contributed by atoms with van der Waals surface area (Å²) in [7, 11) is -3.84. The Labute approximate surface area is 133 Å². The first-order valence-corrected chi connectivity index (χ1v) is 8.38. The molecular formula is C15H14N2O5S. The molecule has 1 aliphatic rings. The monoisotopic (exact) mass is 334 g/mol. The zero-order valence-corrected chi connectivity index (χ0v) is 12.9. The van der Waals surface area contributed by atoms with Crippen molar-refractivity contribution in [3.8, 4) is 5.75 Å². The molecule has 0 spiro atoms. The van der Waals surface area contributed by atoms with Crippen molar-refractivity contribution in [1.29, 1.82) is 0 Å². The van der Waals surface area contributed by atoms with Gasteiger partial charge in [0.15, 0.2) is 0 Å². The first kappa shape index (κ1) is 15.4. The van der Waals surface area contributed by atoms with Crippen molar-refractivity contribution in [3.05, 3.63) is 64.2 Å². The van der Waals surface area contributed by atoms with Gasteiger partial charge in [-0.25, -0.2) is 8.42 Å². The van der Waals surface area contributed by atoms with Crippen LogP contribution in [0.1, 0.15) is 5.56 Å². The zero-order valence-electron chi connectivity index (χ0n) is 12.1. The number of ether oxygens (including phenoxy) is 1. The van der Waals surface area contributed by atoms with Gasteiger partial charge in [-0.15, -0.1) is 0 Å². The summed E-state index contributed by atoms with van der Waals surface area (Å²) in [4.78, 5) is 10.1. The van der Waals surface area contributed by atoms with Crippen molar-refractivity contribution in [2.75, 3.05) is 13.2 Å².